The van der Waals surface area contributed by atoms with Crippen LogP contribution in [0.3, 0.4) is 0 Å². The fourth-order valence-electron chi connectivity index (χ4n) is 3.65. The molecule has 0 aliphatic carbocycles. The molecule has 4 N–H and O–H groups in total. The zero-order valence-electron chi connectivity index (χ0n) is 18.5. The van der Waals surface area contributed by atoms with Gasteiger partial charge in [-0.3, -0.25) is 9.69 Å². The third kappa shape index (κ3) is 5.49. The average molecular weight is 443 g/mol. The number of benzene rings is 2. The Bertz CT molecular complexity index is 939. The van der Waals surface area contributed by atoms with E-state index in [4.69, 9.17) is 9.84 Å². The van der Waals surface area contributed by atoms with E-state index in [2.05, 4.69) is 10.6 Å². The second-order valence-corrected chi connectivity index (χ2v) is 7.83. The van der Waals surface area contributed by atoms with Crippen LogP contribution in [0, 0.1) is 0 Å². The molecule has 9 nitrogen and oxygen atoms in total. The van der Waals surface area contributed by atoms with E-state index in [-0.39, 0.29) is 18.8 Å². The van der Waals surface area contributed by atoms with E-state index in [1.165, 1.54) is 0 Å². The molecular weight excluding hydrogens is 412 g/mol. The van der Waals surface area contributed by atoms with Crippen molar-refractivity contribution >= 4 is 17.7 Å². The maximum Gasteiger partial charge on any atom is 0.404 e. The Hall–Kier alpha value is -3.30. The van der Waals surface area contributed by atoms with Gasteiger partial charge in [0.1, 0.15) is 5.75 Å². The Morgan fingerprint density at radius 2 is 1.94 bits per heavy atom. The number of hydrogen-bond acceptors (Lipinski definition) is 6. The number of hydrogen-bond donors (Lipinski definition) is 4. The molecule has 0 saturated heterocycles. The van der Waals surface area contributed by atoms with Crippen molar-refractivity contribution in [2.45, 2.75) is 31.8 Å². The fraction of sp³-hybridized carbons (Fsp3) is 0.391. The Morgan fingerprint density at radius 3 is 2.59 bits per heavy atom. The minimum Gasteiger partial charge on any atom is -0.465 e. The summed E-state index contributed by atoms with van der Waals surface area (Å²) in [4.78, 5) is 27.9. The minimum atomic E-state index is -1.23. The molecule has 0 bridgehead atoms. The van der Waals surface area contributed by atoms with E-state index in [1.54, 1.807) is 12.1 Å². The maximum atomic E-state index is 12.7. The number of aliphatic hydroxyl groups is 1. The monoisotopic (exact) mass is 442 g/mol. The van der Waals surface area contributed by atoms with E-state index in [9.17, 15) is 14.7 Å². The normalized spacial score (nSPS) is 16.8. The molecule has 9 heteroatoms. The molecule has 1 aliphatic rings. The molecule has 3 atom stereocenters. The van der Waals surface area contributed by atoms with E-state index in [0.717, 1.165) is 17.8 Å². The van der Waals surface area contributed by atoms with Gasteiger partial charge in [-0.05, 0) is 37.2 Å². The lowest BCUT2D eigenvalue weighted by atomic mass is 10.0. The van der Waals surface area contributed by atoms with Crippen molar-refractivity contribution in [3.8, 4) is 5.75 Å². The molecule has 2 aromatic carbocycles. The van der Waals surface area contributed by atoms with E-state index < -0.39 is 18.2 Å². The summed E-state index contributed by atoms with van der Waals surface area (Å²) in [6.07, 6.45) is -2.27. The highest BCUT2D eigenvalue weighted by atomic mass is 16.5. The SMILES string of the molecule is CCN(C)C1Oc2cc(C(=O)NC[C@H](O)[C@H](Cc3ccccc3)NC(=O)O)ccc2N1C. The molecule has 3 rings (SSSR count). The molecule has 1 heterocycles. The molecule has 1 unspecified atom stereocenters. The standard InChI is InChI=1S/C23H30N4O5/c1-4-26(2)23-27(3)18-11-10-16(13-20(18)32-23)21(29)24-14-19(28)17(25-22(30)31)12-15-8-6-5-7-9-15/h5-11,13,17,19,23,25,28H,4,12,14H2,1-3H3,(H,24,29)(H,30,31)/t17-,19-,23?/m0/s1. The molecule has 172 valence electrons. The van der Waals surface area contributed by atoms with Crippen LogP contribution < -0.4 is 20.3 Å². The summed E-state index contributed by atoms with van der Waals surface area (Å²) >= 11 is 0. The van der Waals surface area contributed by atoms with Gasteiger partial charge >= 0.3 is 6.09 Å². The molecular formula is C23H30N4O5. The molecule has 2 amide bonds. The highest BCUT2D eigenvalue weighted by Crippen LogP contribution is 2.37. The van der Waals surface area contributed by atoms with Gasteiger partial charge in [0, 0.05) is 25.7 Å². The smallest absolute Gasteiger partial charge is 0.404 e. The van der Waals surface area contributed by atoms with Crippen molar-refractivity contribution in [3.05, 3.63) is 59.7 Å². The van der Waals surface area contributed by atoms with Gasteiger partial charge in [-0.2, -0.15) is 0 Å². The van der Waals surface area contributed by atoms with Crippen molar-refractivity contribution in [1.29, 1.82) is 0 Å². The zero-order valence-corrected chi connectivity index (χ0v) is 18.5. The summed E-state index contributed by atoms with van der Waals surface area (Å²) in [5.41, 5.74) is 2.17. The van der Waals surface area contributed by atoms with Gasteiger partial charge in [0.05, 0.1) is 17.8 Å². The molecule has 0 radical (unpaired) electrons. The Balaban J connectivity index is 1.62. The third-order valence-electron chi connectivity index (χ3n) is 5.59. The summed E-state index contributed by atoms with van der Waals surface area (Å²) in [5, 5.41) is 24.7. The van der Waals surface area contributed by atoms with Crippen LogP contribution in [-0.2, 0) is 6.42 Å². The predicted molar refractivity (Wildman–Crippen MR) is 121 cm³/mol. The van der Waals surface area contributed by atoms with Crippen LogP contribution in [0.25, 0.3) is 0 Å². The molecule has 0 aromatic heterocycles. The molecule has 2 aromatic rings. The quantitative estimate of drug-likeness (QED) is 0.468. The van der Waals surface area contributed by atoms with Gasteiger partial charge in [-0.15, -0.1) is 0 Å². The summed E-state index contributed by atoms with van der Waals surface area (Å²) < 4.78 is 5.98. The van der Waals surface area contributed by atoms with Crippen LogP contribution >= 0.6 is 0 Å². The molecule has 32 heavy (non-hydrogen) atoms. The predicted octanol–water partition coefficient (Wildman–Crippen LogP) is 1.72. The number of rotatable bonds is 9. The van der Waals surface area contributed by atoms with Crippen molar-refractivity contribution in [2.75, 3.05) is 32.1 Å². The number of fused-ring (bicyclic) bond motifs is 1. The molecule has 1 aliphatic heterocycles. The maximum absolute atomic E-state index is 12.7. The number of nitrogens with zero attached hydrogens (tertiary/aromatic N) is 2. The van der Waals surface area contributed by atoms with E-state index in [1.807, 2.05) is 67.2 Å². The lowest BCUT2D eigenvalue weighted by Gasteiger charge is -2.28. The van der Waals surface area contributed by atoms with Crippen molar-refractivity contribution < 1.29 is 24.5 Å². The molecule has 0 saturated carbocycles. The van der Waals surface area contributed by atoms with Gasteiger partial charge in [0.2, 0.25) is 6.35 Å². The van der Waals surface area contributed by atoms with Gasteiger partial charge in [0.25, 0.3) is 5.91 Å². The number of aliphatic hydroxyl groups excluding tert-OH is 1. The minimum absolute atomic E-state index is 0.102. The average Bonchev–Trinajstić information content (AvgIpc) is 3.12. The first-order valence-electron chi connectivity index (χ1n) is 10.5. The van der Waals surface area contributed by atoms with Gasteiger partial charge in [0.15, 0.2) is 0 Å². The fourth-order valence-corrected chi connectivity index (χ4v) is 3.65. The second kappa shape index (κ2) is 10.3. The first-order chi connectivity index (χ1) is 15.3. The highest BCUT2D eigenvalue weighted by Gasteiger charge is 2.31. The van der Waals surface area contributed by atoms with E-state index in [0.29, 0.717) is 17.7 Å². The Kier molecular flexibility index (Phi) is 7.55. The van der Waals surface area contributed by atoms with E-state index >= 15 is 0 Å². The Morgan fingerprint density at radius 1 is 1.22 bits per heavy atom. The van der Waals surface area contributed by atoms with Crippen molar-refractivity contribution in [1.82, 2.24) is 15.5 Å². The number of carbonyl (C=O) groups excluding carboxylic acids is 1. The van der Waals surface area contributed by atoms with Crippen LogP contribution in [0.4, 0.5) is 10.5 Å². The summed E-state index contributed by atoms with van der Waals surface area (Å²) in [6.45, 7) is 2.74. The number of nitrogens with one attached hydrogen (secondary N) is 2. The van der Waals surface area contributed by atoms with Crippen molar-refractivity contribution in [2.24, 2.45) is 0 Å². The Labute approximate surface area is 187 Å². The zero-order chi connectivity index (χ0) is 23.3. The number of anilines is 1. The summed E-state index contributed by atoms with van der Waals surface area (Å²) in [7, 11) is 3.89. The first kappa shape index (κ1) is 23.4. The third-order valence-corrected chi connectivity index (χ3v) is 5.59. The van der Waals surface area contributed by atoms with Crippen LogP contribution in [-0.4, -0.2) is 72.8 Å². The first-order valence-corrected chi connectivity index (χ1v) is 10.5. The van der Waals surface area contributed by atoms with Crippen LogP contribution in [0.1, 0.15) is 22.8 Å². The second-order valence-electron chi connectivity index (χ2n) is 7.83. The molecule has 0 fully saturated rings. The number of carboxylic acid groups (broad SMARTS) is 1. The lowest BCUT2D eigenvalue weighted by Crippen LogP contribution is -2.49. The number of amides is 2. The van der Waals surface area contributed by atoms with Crippen molar-refractivity contribution in [3.63, 3.8) is 0 Å². The largest absolute Gasteiger partial charge is 0.465 e. The lowest BCUT2D eigenvalue weighted by molar-refractivity contribution is 0.0673. The number of ether oxygens (including phenoxy) is 1. The topological polar surface area (TPSA) is 114 Å². The van der Waals surface area contributed by atoms with Crippen LogP contribution in [0.15, 0.2) is 48.5 Å². The van der Waals surface area contributed by atoms with Gasteiger partial charge in [-0.25, -0.2) is 4.79 Å². The summed E-state index contributed by atoms with van der Waals surface area (Å²) in [5.74, 6) is 0.236. The molecule has 0 spiro atoms. The van der Waals surface area contributed by atoms with Gasteiger partial charge in [-0.1, -0.05) is 37.3 Å². The summed E-state index contributed by atoms with van der Waals surface area (Å²) in [6, 6.07) is 13.7. The highest BCUT2D eigenvalue weighted by molar-refractivity contribution is 5.95. The van der Waals surface area contributed by atoms with Crippen LogP contribution in [0.2, 0.25) is 0 Å². The van der Waals surface area contributed by atoms with Gasteiger partial charge < -0.3 is 30.5 Å². The van der Waals surface area contributed by atoms with Crippen LogP contribution in [0.5, 0.6) is 5.75 Å². The number of carbonyl (C=O) groups is 2.